The van der Waals surface area contributed by atoms with Crippen LogP contribution in [-0.2, 0) is 16.2 Å². The molecule has 0 bridgehead atoms. The Kier molecular flexibility index (Phi) is 4.14. The molecule has 1 saturated carbocycles. The van der Waals surface area contributed by atoms with Crippen LogP contribution in [0.25, 0.3) is 0 Å². The van der Waals surface area contributed by atoms with Gasteiger partial charge in [0.1, 0.15) is 6.07 Å². The van der Waals surface area contributed by atoms with Crippen LogP contribution < -0.4 is 4.72 Å². The van der Waals surface area contributed by atoms with Crippen LogP contribution in [-0.4, -0.2) is 13.7 Å². The number of rotatable bonds is 3. The normalized spacial score (nSPS) is 16.7. The molecule has 0 radical (unpaired) electrons. The van der Waals surface area contributed by atoms with E-state index in [1.54, 1.807) is 6.07 Å². The summed E-state index contributed by atoms with van der Waals surface area (Å²) < 4.78 is 64.2. The number of nitrogens with one attached hydrogen (secondary N) is 1. The highest BCUT2D eigenvalue weighted by Crippen LogP contribution is 2.33. The van der Waals surface area contributed by atoms with Crippen LogP contribution in [0.5, 0.6) is 0 Å². The predicted molar refractivity (Wildman–Crippen MR) is 71.0 cm³/mol. The van der Waals surface area contributed by atoms with E-state index in [1.165, 1.54) is 0 Å². The lowest BCUT2D eigenvalue weighted by atomic mass is 10.1. The van der Waals surface area contributed by atoms with Crippen molar-refractivity contribution in [2.45, 2.75) is 37.1 Å². The fourth-order valence-electron chi connectivity index (χ4n) is 2.34. The Labute approximate surface area is 120 Å². The summed E-state index contributed by atoms with van der Waals surface area (Å²) in [6.45, 7) is 0. The number of hydrogen-bond acceptors (Lipinski definition) is 3. The lowest BCUT2D eigenvalue weighted by molar-refractivity contribution is -0.137. The van der Waals surface area contributed by atoms with Gasteiger partial charge in [-0.05, 0) is 31.0 Å². The summed E-state index contributed by atoms with van der Waals surface area (Å²) in [5.74, 6) is 0. The van der Waals surface area contributed by atoms with E-state index in [9.17, 15) is 21.6 Å². The van der Waals surface area contributed by atoms with Crippen molar-refractivity contribution in [3.8, 4) is 6.07 Å². The fourth-order valence-corrected chi connectivity index (χ4v) is 3.94. The molecule has 0 saturated heterocycles. The number of hydrogen-bond donors (Lipinski definition) is 1. The lowest BCUT2D eigenvalue weighted by Crippen LogP contribution is -2.25. The van der Waals surface area contributed by atoms with Crippen LogP contribution >= 0.6 is 0 Å². The van der Waals surface area contributed by atoms with Gasteiger partial charge >= 0.3 is 6.18 Å². The van der Waals surface area contributed by atoms with Gasteiger partial charge in [0.15, 0.2) is 0 Å². The molecule has 0 atom stereocenters. The Morgan fingerprint density at radius 3 is 2.38 bits per heavy atom. The molecular weight excluding hydrogens is 305 g/mol. The summed E-state index contributed by atoms with van der Waals surface area (Å²) in [5, 5.41) is 8.37. The second-order valence-corrected chi connectivity index (χ2v) is 6.88. The highest BCUT2D eigenvalue weighted by Gasteiger charge is 2.32. The Hall–Kier alpha value is -1.75. The molecule has 4 nitrogen and oxygen atoms in total. The SMILES string of the molecule is N#Cc1cc(C(F)(F)F)ccc1NS(=O)(=O)C1CCCC1. The first-order valence-electron chi connectivity index (χ1n) is 6.37. The van der Waals surface area contributed by atoms with Crippen LogP contribution in [0.4, 0.5) is 18.9 Å². The van der Waals surface area contributed by atoms with Gasteiger partial charge in [-0.1, -0.05) is 12.8 Å². The summed E-state index contributed by atoms with van der Waals surface area (Å²) in [7, 11) is -3.68. The zero-order valence-corrected chi connectivity index (χ0v) is 11.8. The van der Waals surface area contributed by atoms with E-state index >= 15 is 0 Å². The quantitative estimate of drug-likeness (QED) is 0.930. The van der Waals surface area contributed by atoms with Crippen LogP contribution in [0.15, 0.2) is 18.2 Å². The maximum Gasteiger partial charge on any atom is 0.416 e. The number of benzene rings is 1. The van der Waals surface area contributed by atoms with Crippen molar-refractivity contribution in [1.82, 2.24) is 0 Å². The van der Waals surface area contributed by atoms with Crippen molar-refractivity contribution in [2.75, 3.05) is 4.72 Å². The second kappa shape index (κ2) is 5.56. The molecule has 0 unspecified atom stereocenters. The van der Waals surface area contributed by atoms with Gasteiger partial charge in [-0.25, -0.2) is 8.42 Å². The summed E-state index contributed by atoms with van der Waals surface area (Å²) in [4.78, 5) is 0. The highest BCUT2D eigenvalue weighted by molar-refractivity contribution is 7.93. The predicted octanol–water partition coefficient (Wildman–Crippen LogP) is 3.26. The number of nitrogens with zero attached hydrogens (tertiary/aromatic N) is 1. The summed E-state index contributed by atoms with van der Waals surface area (Å²) in [6.07, 6.45) is -1.91. The van der Waals surface area contributed by atoms with Gasteiger partial charge in [0.25, 0.3) is 0 Å². The molecular formula is C13H13F3N2O2S. The molecule has 1 aromatic rings. The molecule has 1 aliphatic carbocycles. The zero-order valence-electron chi connectivity index (χ0n) is 10.9. The molecule has 0 aromatic heterocycles. The van der Waals surface area contributed by atoms with Gasteiger partial charge in [-0.15, -0.1) is 0 Å². The average Bonchev–Trinajstić information content (AvgIpc) is 2.92. The molecule has 0 spiro atoms. The van der Waals surface area contributed by atoms with Gasteiger partial charge < -0.3 is 0 Å². The number of sulfonamides is 1. The van der Waals surface area contributed by atoms with E-state index in [0.29, 0.717) is 18.9 Å². The molecule has 114 valence electrons. The van der Waals surface area contributed by atoms with Crippen LogP contribution in [0, 0.1) is 11.3 Å². The minimum atomic E-state index is -4.57. The van der Waals surface area contributed by atoms with Crippen LogP contribution in [0.2, 0.25) is 0 Å². The lowest BCUT2D eigenvalue weighted by Gasteiger charge is -2.15. The van der Waals surface area contributed by atoms with Crippen molar-refractivity contribution < 1.29 is 21.6 Å². The molecule has 1 aliphatic rings. The first-order chi connectivity index (χ1) is 9.74. The Balaban J connectivity index is 2.31. The van der Waals surface area contributed by atoms with Crippen molar-refractivity contribution in [3.63, 3.8) is 0 Å². The van der Waals surface area contributed by atoms with Crippen molar-refractivity contribution in [2.24, 2.45) is 0 Å². The molecule has 1 aromatic carbocycles. The molecule has 1 N–H and O–H groups in total. The molecule has 0 amide bonds. The van der Waals surface area contributed by atoms with Crippen molar-refractivity contribution >= 4 is 15.7 Å². The van der Waals surface area contributed by atoms with E-state index < -0.39 is 27.0 Å². The maximum atomic E-state index is 12.6. The third-order valence-electron chi connectivity index (χ3n) is 3.46. The van der Waals surface area contributed by atoms with E-state index in [2.05, 4.69) is 4.72 Å². The number of alkyl halides is 3. The standard InChI is InChI=1S/C13H13F3N2O2S/c14-13(15,16)10-5-6-12(9(7-10)8-17)18-21(19,20)11-3-1-2-4-11/h5-7,11,18H,1-4H2. The van der Waals surface area contributed by atoms with E-state index in [4.69, 9.17) is 5.26 Å². The van der Waals surface area contributed by atoms with Gasteiger partial charge in [-0.2, -0.15) is 18.4 Å². The van der Waals surface area contributed by atoms with Crippen LogP contribution in [0.1, 0.15) is 36.8 Å². The van der Waals surface area contributed by atoms with E-state index in [-0.39, 0.29) is 11.3 Å². The monoisotopic (exact) mass is 318 g/mol. The molecule has 0 aliphatic heterocycles. The van der Waals surface area contributed by atoms with Gasteiger partial charge in [0.2, 0.25) is 10.0 Å². The highest BCUT2D eigenvalue weighted by atomic mass is 32.2. The maximum absolute atomic E-state index is 12.6. The van der Waals surface area contributed by atoms with Crippen molar-refractivity contribution in [3.05, 3.63) is 29.3 Å². The zero-order chi connectivity index (χ0) is 15.7. The Bertz CT molecular complexity index is 672. The summed E-state index contributed by atoms with van der Waals surface area (Å²) in [6, 6.07) is 3.98. The smallest absolute Gasteiger partial charge is 0.282 e. The van der Waals surface area contributed by atoms with Crippen LogP contribution in [0.3, 0.4) is 0 Å². The minimum Gasteiger partial charge on any atom is -0.282 e. The second-order valence-electron chi connectivity index (χ2n) is 4.92. The van der Waals surface area contributed by atoms with Gasteiger partial charge in [-0.3, -0.25) is 4.72 Å². The number of anilines is 1. The largest absolute Gasteiger partial charge is 0.416 e. The number of nitriles is 1. The fraction of sp³-hybridized carbons (Fsp3) is 0.462. The van der Waals surface area contributed by atoms with E-state index in [1.807, 2.05) is 0 Å². The third-order valence-corrected chi connectivity index (χ3v) is 5.31. The first kappa shape index (κ1) is 15.6. The Morgan fingerprint density at radius 2 is 1.86 bits per heavy atom. The van der Waals surface area contributed by atoms with E-state index in [0.717, 1.165) is 25.0 Å². The molecule has 0 heterocycles. The average molecular weight is 318 g/mol. The van der Waals surface area contributed by atoms with Gasteiger partial charge in [0, 0.05) is 0 Å². The molecule has 21 heavy (non-hydrogen) atoms. The molecule has 2 rings (SSSR count). The van der Waals surface area contributed by atoms with Gasteiger partial charge in [0.05, 0.1) is 22.1 Å². The Morgan fingerprint density at radius 1 is 1.24 bits per heavy atom. The minimum absolute atomic E-state index is 0.114. The first-order valence-corrected chi connectivity index (χ1v) is 7.91. The summed E-state index contributed by atoms with van der Waals surface area (Å²) in [5.41, 5.74) is -1.44. The summed E-state index contributed by atoms with van der Waals surface area (Å²) >= 11 is 0. The number of halogens is 3. The molecule has 8 heteroatoms. The van der Waals surface area contributed by atoms with Crippen molar-refractivity contribution in [1.29, 1.82) is 5.26 Å². The topological polar surface area (TPSA) is 70.0 Å². The molecule has 1 fully saturated rings. The third kappa shape index (κ3) is 3.47.